The lowest BCUT2D eigenvalue weighted by atomic mass is 10.2. The molecule has 16 nitrogen and oxygen atoms in total. The summed E-state index contributed by atoms with van der Waals surface area (Å²) in [5, 5.41) is 2.10. The molecule has 2 unspecified atom stereocenters. The van der Waals surface area contributed by atoms with Crippen molar-refractivity contribution >= 4 is 45.8 Å². The number of hydrazine groups is 1. The third-order valence-corrected chi connectivity index (χ3v) is 8.38. The van der Waals surface area contributed by atoms with Gasteiger partial charge in [0.05, 0.1) is 17.2 Å². The third kappa shape index (κ3) is 5.70. The molecular weight excluding hydrogens is 507 g/mol. The summed E-state index contributed by atoms with van der Waals surface area (Å²) in [6.45, 7) is 0. The van der Waals surface area contributed by atoms with Crippen molar-refractivity contribution in [2.24, 2.45) is 0 Å². The molecule has 0 aliphatic carbocycles. The minimum absolute atomic E-state index is 0.193. The molecule has 0 aromatic carbocycles. The van der Waals surface area contributed by atoms with Crippen molar-refractivity contribution < 1.29 is 46.6 Å². The Morgan fingerprint density at radius 3 is 2.61 bits per heavy atom. The first-order valence-corrected chi connectivity index (χ1v) is 13.7. The largest absolute Gasteiger partial charge is 0.488 e. The Morgan fingerprint density at radius 2 is 1.88 bits per heavy atom. The van der Waals surface area contributed by atoms with E-state index in [2.05, 4.69) is 29.0 Å². The van der Waals surface area contributed by atoms with Crippen LogP contribution in [0.15, 0.2) is 35.1 Å². The van der Waals surface area contributed by atoms with Gasteiger partial charge in [0.15, 0.2) is 17.7 Å². The lowest BCUT2D eigenvalue weighted by Crippen LogP contribution is -2.38. The normalized spacial score (nSPS) is 24.1. The first-order chi connectivity index (χ1) is 15.3. The fraction of sp³-hybridized carbons (Fsp3) is 0.286. The highest BCUT2D eigenvalue weighted by atomic mass is 31.3. The predicted octanol–water partition coefficient (Wildman–Crippen LogP) is 0.962. The third-order valence-electron chi connectivity index (χ3n) is 4.39. The Kier molecular flexibility index (Phi) is 6.27. The molecule has 0 amide bonds. The van der Waals surface area contributed by atoms with Crippen molar-refractivity contribution in [2.45, 2.75) is 25.2 Å². The van der Waals surface area contributed by atoms with Gasteiger partial charge in [-0.1, -0.05) is 0 Å². The fourth-order valence-electron chi connectivity index (χ4n) is 3.24. The molecule has 5 N–H and O–H groups in total. The van der Waals surface area contributed by atoms with E-state index in [4.69, 9.17) is 14.5 Å². The van der Waals surface area contributed by atoms with Crippen LogP contribution in [0.25, 0.3) is 11.0 Å². The summed E-state index contributed by atoms with van der Waals surface area (Å²) in [5.74, 6) is 0.973. The molecule has 19 heteroatoms. The molecule has 4 heterocycles. The van der Waals surface area contributed by atoms with Crippen molar-refractivity contribution in [1.29, 1.82) is 0 Å². The maximum absolute atomic E-state index is 12.0. The standard InChI is InChI=1S/C14H16N5O11P3/c20-10-3-2-9-12-13(17-10)15-7-16-14(12)19(18-9)11-4-1-8(28-11)5-6-31(21,22)29-33(26,27)30-32(23,24)25/h2-3,5-8,11,18H,1,4H2,(H,21,22)(H,26,27)(H2,23,24,25)/b6-5+/t8-,11+/m0/s1. The van der Waals surface area contributed by atoms with Gasteiger partial charge in [0.1, 0.15) is 6.33 Å². The summed E-state index contributed by atoms with van der Waals surface area (Å²) in [5.41, 5.74) is 3.32. The number of hydrogen-bond donors (Lipinski definition) is 5. The van der Waals surface area contributed by atoms with Gasteiger partial charge in [-0.2, -0.15) is 9.29 Å². The average Bonchev–Trinajstić information content (AvgIpc) is 3.22. The second-order valence-electron chi connectivity index (χ2n) is 6.81. The number of rotatable bonds is 7. The monoisotopic (exact) mass is 523 g/mol. The number of anilines is 2. The molecule has 0 radical (unpaired) electrons. The smallest absolute Gasteiger partial charge is 0.349 e. The van der Waals surface area contributed by atoms with E-state index in [-0.39, 0.29) is 5.65 Å². The van der Waals surface area contributed by atoms with Gasteiger partial charge in [-0.3, -0.25) is 14.8 Å². The maximum Gasteiger partial charge on any atom is 0.488 e. The summed E-state index contributed by atoms with van der Waals surface area (Å²) < 4.78 is 47.4. The number of nitrogens with one attached hydrogen (secondary N) is 1. The Balaban J connectivity index is 1.46. The van der Waals surface area contributed by atoms with Gasteiger partial charge >= 0.3 is 23.2 Å². The number of ether oxygens (including phenoxy) is 1. The van der Waals surface area contributed by atoms with Crippen LogP contribution >= 0.6 is 23.2 Å². The second kappa shape index (κ2) is 8.60. The van der Waals surface area contributed by atoms with E-state index >= 15 is 0 Å². The van der Waals surface area contributed by atoms with Gasteiger partial charge in [-0.15, -0.1) is 0 Å². The highest BCUT2D eigenvalue weighted by molar-refractivity contribution is 7.69. The van der Waals surface area contributed by atoms with Gasteiger partial charge in [-0.05, 0) is 25.0 Å². The van der Waals surface area contributed by atoms with E-state index in [1.165, 1.54) is 18.5 Å². The van der Waals surface area contributed by atoms with Gasteiger partial charge in [0.2, 0.25) is 0 Å². The van der Waals surface area contributed by atoms with Crippen LogP contribution in [0.3, 0.4) is 0 Å². The van der Waals surface area contributed by atoms with Crippen molar-refractivity contribution in [1.82, 2.24) is 15.0 Å². The molecule has 2 aliphatic heterocycles. The minimum Gasteiger partial charge on any atom is -0.349 e. The molecule has 2 aromatic heterocycles. The van der Waals surface area contributed by atoms with Crippen LogP contribution in [0.1, 0.15) is 12.8 Å². The van der Waals surface area contributed by atoms with Crippen molar-refractivity contribution in [3.8, 4) is 0 Å². The summed E-state index contributed by atoms with van der Waals surface area (Å²) in [4.78, 5) is 59.8. The fourth-order valence-corrected chi connectivity index (χ4v) is 6.52. The minimum atomic E-state index is -5.52. The average molecular weight is 523 g/mol. The molecule has 2 aliphatic rings. The van der Waals surface area contributed by atoms with Gasteiger partial charge in [0.25, 0.3) is 5.56 Å². The van der Waals surface area contributed by atoms with Crippen LogP contribution in [0, 0.1) is 0 Å². The van der Waals surface area contributed by atoms with E-state index < -0.39 is 41.1 Å². The molecule has 178 valence electrons. The van der Waals surface area contributed by atoms with Crippen molar-refractivity contribution in [3.05, 3.63) is 40.7 Å². The summed E-state index contributed by atoms with van der Waals surface area (Å²) in [6, 6.07) is 2.80. The molecule has 0 bridgehead atoms. The summed E-state index contributed by atoms with van der Waals surface area (Å²) in [7, 11) is -15.9. The number of phosphoric acid groups is 2. The lowest BCUT2D eigenvalue weighted by molar-refractivity contribution is 0.0719. The Morgan fingerprint density at radius 1 is 1.12 bits per heavy atom. The SMILES string of the molecule is O=c1ccc2c3c(ncnc3n1)N([C@H]1CC[C@@H](/C=C/P(=O)(O)OP(=O)(O)OP(=O)(O)O)O1)N2. The first kappa shape index (κ1) is 24.0. The predicted molar refractivity (Wildman–Crippen MR) is 111 cm³/mol. The van der Waals surface area contributed by atoms with Crippen LogP contribution in [-0.4, -0.2) is 46.9 Å². The molecule has 4 atom stereocenters. The quantitative estimate of drug-likeness (QED) is 0.318. The number of aromatic nitrogens is 3. The van der Waals surface area contributed by atoms with E-state index in [0.29, 0.717) is 35.6 Å². The number of nitrogens with zero attached hydrogens (tertiary/aromatic N) is 4. The highest BCUT2D eigenvalue weighted by Crippen LogP contribution is 2.66. The van der Waals surface area contributed by atoms with Crippen LogP contribution < -0.4 is 16.0 Å². The lowest BCUT2D eigenvalue weighted by Gasteiger charge is -2.26. The molecule has 33 heavy (non-hydrogen) atoms. The van der Waals surface area contributed by atoms with Crippen molar-refractivity contribution in [2.75, 3.05) is 10.4 Å². The maximum atomic E-state index is 12.0. The van der Waals surface area contributed by atoms with Crippen LogP contribution in [0.4, 0.5) is 11.5 Å². The van der Waals surface area contributed by atoms with Gasteiger partial charge in [0, 0.05) is 11.9 Å². The molecule has 1 fully saturated rings. The highest BCUT2D eigenvalue weighted by Gasteiger charge is 2.39. The van der Waals surface area contributed by atoms with E-state index in [9.17, 15) is 28.3 Å². The zero-order chi connectivity index (χ0) is 24.0. The molecule has 0 spiro atoms. The molecule has 4 rings (SSSR count). The van der Waals surface area contributed by atoms with E-state index in [0.717, 1.165) is 6.08 Å². The summed E-state index contributed by atoms with van der Waals surface area (Å²) >= 11 is 0. The Labute approximate surface area is 184 Å². The van der Waals surface area contributed by atoms with Crippen LogP contribution in [-0.2, 0) is 27.1 Å². The zero-order valence-electron chi connectivity index (χ0n) is 16.2. The van der Waals surface area contributed by atoms with Crippen LogP contribution in [0.2, 0.25) is 0 Å². The zero-order valence-corrected chi connectivity index (χ0v) is 18.9. The van der Waals surface area contributed by atoms with E-state index in [1.807, 2.05) is 0 Å². The first-order valence-electron chi connectivity index (χ1n) is 9.02. The molecule has 2 aromatic rings. The number of hydrogen-bond acceptors (Lipinski definition) is 12. The molecular formula is C14H16N5O11P3. The topological polar surface area (TPSA) is 231 Å². The second-order valence-corrected chi connectivity index (χ2v) is 11.5. The van der Waals surface area contributed by atoms with Crippen molar-refractivity contribution in [3.63, 3.8) is 0 Å². The van der Waals surface area contributed by atoms with Gasteiger partial charge < -0.3 is 24.3 Å². The summed E-state index contributed by atoms with van der Waals surface area (Å²) in [6.07, 6.45) is 1.85. The van der Waals surface area contributed by atoms with Gasteiger partial charge in [-0.25, -0.2) is 28.4 Å². The van der Waals surface area contributed by atoms with Crippen LogP contribution in [0.5, 0.6) is 0 Å². The Bertz CT molecular complexity index is 1330. The molecule has 1 saturated heterocycles. The Hall–Kier alpha value is -2.09. The van der Waals surface area contributed by atoms with E-state index in [1.54, 1.807) is 5.01 Å². The molecule has 0 saturated carbocycles.